The van der Waals surface area contributed by atoms with Crippen molar-refractivity contribution in [3.8, 4) is 12.1 Å². The highest BCUT2D eigenvalue weighted by molar-refractivity contribution is 5.65. The van der Waals surface area contributed by atoms with E-state index in [1.165, 1.54) is 6.92 Å². The SMILES string of the molecule is CC(=O)OCCCC(C)(C#N)N=NC(C)(C#N)CCCO. The lowest BCUT2D eigenvalue weighted by Crippen LogP contribution is -2.24. The summed E-state index contributed by atoms with van der Waals surface area (Å²) in [6.07, 6.45) is 1.68. The molecular formula is C14H22N4O3. The van der Waals surface area contributed by atoms with Crippen LogP contribution in [0, 0.1) is 22.7 Å². The number of rotatable bonds is 9. The molecule has 0 amide bonds. The fourth-order valence-corrected chi connectivity index (χ4v) is 1.53. The summed E-state index contributed by atoms with van der Waals surface area (Å²) in [6, 6.07) is 4.10. The molecule has 0 rings (SSSR count). The number of aliphatic hydroxyl groups excluding tert-OH is 1. The van der Waals surface area contributed by atoms with Gasteiger partial charge >= 0.3 is 5.97 Å². The lowest BCUT2D eigenvalue weighted by molar-refractivity contribution is -0.141. The third kappa shape index (κ3) is 8.01. The van der Waals surface area contributed by atoms with E-state index in [0.717, 1.165) is 0 Å². The molecule has 0 bridgehead atoms. The van der Waals surface area contributed by atoms with Crippen LogP contribution in [0.5, 0.6) is 0 Å². The normalized spacial score (nSPS) is 16.5. The minimum Gasteiger partial charge on any atom is -0.466 e. The van der Waals surface area contributed by atoms with Crippen LogP contribution in [0.3, 0.4) is 0 Å². The first-order valence-electron chi connectivity index (χ1n) is 6.81. The van der Waals surface area contributed by atoms with Crippen LogP contribution < -0.4 is 0 Å². The standard InChI is InChI=1S/C14H22N4O3/c1-12(20)21-9-5-7-14(3,11-16)18-17-13(2,10-15)6-4-8-19/h19H,4-9H2,1-3H3. The minimum absolute atomic E-state index is 0.0231. The largest absolute Gasteiger partial charge is 0.466 e. The van der Waals surface area contributed by atoms with E-state index in [1.807, 2.05) is 6.07 Å². The first-order valence-corrected chi connectivity index (χ1v) is 6.81. The Balaban J connectivity index is 4.64. The smallest absolute Gasteiger partial charge is 0.302 e. The molecule has 116 valence electrons. The van der Waals surface area contributed by atoms with Gasteiger partial charge in [0.2, 0.25) is 0 Å². The quantitative estimate of drug-likeness (QED) is 0.397. The number of aliphatic hydroxyl groups is 1. The van der Waals surface area contributed by atoms with Gasteiger partial charge in [0, 0.05) is 13.5 Å². The van der Waals surface area contributed by atoms with Crippen molar-refractivity contribution in [2.24, 2.45) is 10.2 Å². The third-order valence-electron chi connectivity index (χ3n) is 2.91. The van der Waals surface area contributed by atoms with Crippen molar-refractivity contribution in [3.63, 3.8) is 0 Å². The Hall–Kier alpha value is -1.99. The second-order valence-electron chi connectivity index (χ2n) is 5.24. The van der Waals surface area contributed by atoms with Crippen LogP contribution in [0.2, 0.25) is 0 Å². The molecule has 7 heteroatoms. The number of esters is 1. The van der Waals surface area contributed by atoms with E-state index in [0.29, 0.717) is 25.7 Å². The van der Waals surface area contributed by atoms with Crippen molar-refractivity contribution in [1.29, 1.82) is 10.5 Å². The van der Waals surface area contributed by atoms with E-state index in [4.69, 9.17) is 15.1 Å². The summed E-state index contributed by atoms with van der Waals surface area (Å²) in [5, 5.41) is 35.1. The molecule has 0 fully saturated rings. The molecule has 0 aromatic heterocycles. The van der Waals surface area contributed by atoms with Crippen LogP contribution in [0.1, 0.15) is 46.5 Å². The van der Waals surface area contributed by atoms with Crippen molar-refractivity contribution in [2.45, 2.75) is 57.5 Å². The number of ether oxygens (including phenoxy) is 1. The Kier molecular flexibility index (Phi) is 8.18. The van der Waals surface area contributed by atoms with Gasteiger partial charge in [0.05, 0.1) is 18.7 Å². The molecule has 1 N–H and O–H groups in total. The number of azo groups is 1. The molecule has 0 radical (unpaired) electrons. The highest BCUT2D eigenvalue weighted by atomic mass is 16.5. The topological polar surface area (TPSA) is 119 Å². The summed E-state index contributed by atoms with van der Waals surface area (Å²) < 4.78 is 4.80. The molecule has 21 heavy (non-hydrogen) atoms. The van der Waals surface area contributed by atoms with E-state index in [2.05, 4.69) is 16.3 Å². The second kappa shape index (κ2) is 9.04. The number of hydrogen-bond acceptors (Lipinski definition) is 7. The van der Waals surface area contributed by atoms with Gasteiger partial charge in [-0.2, -0.15) is 20.8 Å². The monoisotopic (exact) mass is 294 g/mol. The van der Waals surface area contributed by atoms with E-state index in [-0.39, 0.29) is 19.2 Å². The van der Waals surface area contributed by atoms with Crippen LogP contribution >= 0.6 is 0 Å². The number of nitrogens with zero attached hydrogens (tertiary/aromatic N) is 4. The Morgan fingerprint density at radius 1 is 1.14 bits per heavy atom. The van der Waals surface area contributed by atoms with E-state index in [1.54, 1.807) is 13.8 Å². The maximum Gasteiger partial charge on any atom is 0.302 e. The van der Waals surface area contributed by atoms with Crippen molar-refractivity contribution >= 4 is 5.97 Å². The number of carbonyl (C=O) groups is 1. The third-order valence-corrected chi connectivity index (χ3v) is 2.91. The predicted octanol–water partition coefficient (Wildman–Crippen LogP) is 2.12. The Labute approximate surface area is 125 Å². The predicted molar refractivity (Wildman–Crippen MR) is 75.1 cm³/mol. The summed E-state index contributed by atoms with van der Waals surface area (Å²) >= 11 is 0. The summed E-state index contributed by atoms with van der Waals surface area (Å²) in [4.78, 5) is 10.6. The Bertz CT molecular complexity index is 452. The lowest BCUT2D eigenvalue weighted by atomic mass is 9.98. The zero-order chi connectivity index (χ0) is 16.4. The molecule has 0 aliphatic rings. The van der Waals surface area contributed by atoms with Gasteiger partial charge in [-0.25, -0.2) is 0 Å². The zero-order valence-electron chi connectivity index (χ0n) is 12.8. The van der Waals surface area contributed by atoms with E-state index >= 15 is 0 Å². The van der Waals surface area contributed by atoms with Crippen LogP contribution in [0.25, 0.3) is 0 Å². The fraction of sp³-hybridized carbons (Fsp3) is 0.786. The molecule has 0 aliphatic heterocycles. The molecular weight excluding hydrogens is 272 g/mol. The molecule has 7 nitrogen and oxygen atoms in total. The molecule has 0 saturated carbocycles. The molecule has 0 saturated heterocycles. The molecule has 2 atom stereocenters. The zero-order valence-corrected chi connectivity index (χ0v) is 12.8. The second-order valence-corrected chi connectivity index (χ2v) is 5.24. The molecule has 0 aliphatic carbocycles. The minimum atomic E-state index is -1.06. The van der Waals surface area contributed by atoms with E-state index in [9.17, 15) is 10.1 Å². The summed E-state index contributed by atoms with van der Waals surface area (Å²) in [6.45, 7) is 4.76. The fourth-order valence-electron chi connectivity index (χ4n) is 1.53. The molecule has 0 spiro atoms. The Morgan fingerprint density at radius 2 is 1.62 bits per heavy atom. The number of hydrogen-bond donors (Lipinski definition) is 1. The van der Waals surface area contributed by atoms with E-state index < -0.39 is 11.1 Å². The van der Waals surface area contributed by atoms with Crippen molar-refractivity contribution in [3.05, 3.63) is 0 Å². The summed E-state index contributed by atoms with van der Waals surface area (Å²) in [7, 11) is 0. The molecule has 0 heterocycles. The van der Waals surface area contributed by atoms with Crippen LogP contribution in [0.15, 0.2) is 10.2 Å². The molecule has 0 aromatic rings. The van der Waals surface area contributed by atoms with Crippen LogP contribution in [0.4, 0.5) is 0 Å². The highest BCUT2D eigenvalue weighted by Crippen LogP contribution is 2.23. The molecule has 2 unspecified atom stereocenters. The number of carbonyl (C=O) groups excluding carboxylic acids is 1. The van der Waals surface area contributed by atoms with Gasteiger partial charge < -0.3 is 9.84 Å². The first-order chi connectivity index (χ1) is 9.81. The van der Waals surface area contributed by atoms with Gasteiger partial charge in [-0.15, -0.1) is 0 Å². The maximum atomic E-state index is 10.6. The maximum absolute atomic E-state index is 10.6. The van der Waals surface area contributed by atoms with Gasteiger partial charge in [0.15, 0.2) is 11.1 Å². The Morgan fingerprint density at radius 3 is 2.00 bits per heavy atom. The number of nitriles is 2. The van der Waals surface area contributed by atoms with Gasteiger partial charge in [-0.3, -0.25) is 4.79 Å². The van der Waals surface area contributed by atoms with Crippen molar-refractivity contribution in [1.82, 2.24) is 0 Å². The highest BCUT2D eigenvalue weighted by Gasteiger charge is 2.27. The lowest BCUT2D eigenvalue weighted by Gasteiger charge is -2.19. The summed E-state index contributed by atoms with van der Waals surface area (Å²) in [5.41, 5.74) is -2.10. The molecule has 0 aromatic carbocycles. The summed E-state index contributed by atoms with van der Waals surface area (Å²) in [5.74, 6) is -0.364. The van der Waals surface area contributed by atoms with Gasteiger partial charge in [0.25, 0.3) is 0 Å². The first kappa shape index (κ1) is 19.0. The van der Waals surface area contributed by atoms with Crippen LogP contribution in [-0.4, -0.2) is 35.4 Å². The van der Waals surface area contributed by atoms with Crippen molar-refractivity contribution < 1.29 is 14.6 Å². The van der Waals surface area contributed by atoms with Gasteiger partial charge in [-0.05, 0) is 39.5 Å². The van der Waals surface area contributed by atoms with Crippen LogP contribution in [-0.2, 0) is 9.53 Å². The van der Waals surface area contributed by atoms with Crippen molar-refractivity contribution in [2.75, 3.05) is 13.2 Å². The van der Waals surface area contributed by atoms with Gasteiger partial charge in [0.1, 0.15) is 0 Å². The average molecular weight is 294 g/mol. The average Bonchev–Trinajstić information content (AvgIpc) is 2.47. The van der Waals surface area contributed by atoms with Gasteiger partial charge in [-0.1, -0.05) is 0 Å².